The zero-order valence-corrected chi connectivity index (χ0v) is 13.5. The molecule has 0 aromatic rings. The Balaban J connectivity index is 4.08. The van der Waals surface area contributed by atoms with Gasteiger partial charge in [0.25, 0.3) is 0 Å². The van der Waals surface area contributed by atoms with Gasteiger partial charge in [-0.05, 0) is 25.9 Å². The lowest BCUT2D eigenvalue weighted by molar-refractivity contribution is -0.151. The van der Waals surface area contributed by atoms with Gasteiger partial charge in [0.05, 0.1) is 12.3 Å². The van der Waals surface area contributed by atoms with Crippen molar-refractivity contribution in [2.24, 2.45) is 5.92 Å². The minimum Gasteiger partial charge on any atom is -0.481 e. The molecular formula is C16H29NO4. The van der Waals surface area contributed by atoms with E-state index in [-0.39, 0.29) is 6.42 Å². The summed E-state index contributed by atoms with van der Waals surface area (Å²) in [7, 11) is 0. The Morgan fingerprint density at radius 1 is 1.19 bits per heavy atom. The normalized spacial score (nSPS) is 12.8. The van der Waals surface area contributed by atoms with Gasteiger partial charge in [0, 0.05) is 6.54 Å². The topological polar surface area (TPSA) is 66.8 Å². The van der Waals surface area contributed by atoms with E-state index in [1.807, 2.05) is 12.2 Å². The van der Waals surface area contributed by atoms with E-state index in [9.17, 15) is 9.59 Å². The molecule has 0 fully saturated rings. The van der Waals surface area contributed by atoms with Gasteiger partial charge in [-0.3, -0.25) is 9.59 Å². The molecule has 0 radical (unpaired) electrons. The van der Waals surface area contributed by atoms with Gasteiger partial charge in [0.1, 0.15) is 6.61 Å². The third-order valence-electron chi connectivity index (χ3n) is 3.37. The summed E-state index contributed by atoms with van der Waals surface area (Å²) >= 11 is 0. The second-order valence-electron chi connectivity index (χ2n) is 4.98. The van der Waals surface area contributed by atoms with Crippen molar-refractivity contribution < 1.29 is 19.4 Å². The molecule has 0 aliphatic carbocycles. The summed E-state index contributed by atoms with van der Waals surface area (Å²) < 4.78 is 5.12. The maximum Gasteiger partial charge on any atom is 0.307 e. The van der Waals surface area contributed by atoms with Gasteiger partial charge < -0.3 is 14.7 Å². The average Bonchev–Trinajstić information content (AvgIpc) is 2.46. The second kappa shape index (κ2) is 12.4. The lowest BCUT2D eigenvalue weighted by Crippen LogP contribution is -2.28. The number of hydrogen-bond donors (Lipinski definition) is 1. The van der Waals surface area contributed by atoms with Crippen LogP contribution in [0.1, 0.15) is 46.5 Å². The van der Waals surface area contributed by atoms with Crippen LogP contribution in [0.3, 0.4) is 0 Å². The highest BCUT2D eigenvalue weighted by molar-refractivity contribution is 5.78. The Kier molecular flexibility index (Phi) is 11.6. The maximum absolute atomic E-state index is 11.7. The lowest BCUT2D eigenvalue weighted by atomic mass is 10.0. The van der Waals surface area contributed by atoms with Gasteiger partial charge in [-0.15, -0.1) is 0 Å². The molecule has 5 nitrogen and oxygen atoms in total. The van der Waals surface area contributed by atoms with E-state index in [4.69, 9.17) is 9.84 Å². The number of hydrogen-bond acceptors (Lipinski definition) is 4. The standard InChI is InChI=1S/C16H29NO4/c1-4-7-8-9-10-14(16(19)20)13-15(18)21-12-11-17(5-2)6-3/h8-9,14H,4-7,10-13H2,1-3H3,(H,19,20). The number of likely N-dealkylation sites (N-methyl/N-ethyl adjacent to an activating group) is 1. The fourth-order valence-electron chi connectivity index (χ4n) is 1.90. The summed E-state index contributed by atoms with van der Waals surface area (Å²) in [6.07, 6.45) is 6.07. The van der Waals surface area contributed by atoms with Crippen molar-refractivity contribution in [2.45, 2.75) is 46.5 Å². The summed E-state index contributed by atoms with van der Waals surface area (Å²) in [4.78, 5) is 24.9. The number of carbonyl (C=O) groups excluding carboxylic acids is 1. The van der Waals surface area contributed by atoms with Crippen molar-refractivity contribution in [3.05, 3.63) is 12.2 Å². The fourth-order valence-corrected chi connectivity index (χ4v) is 1.90. The highest BCUT2D eigenvalue weighted by Crippen LogP contribution is 2.11. The van der Waals surface area contributed by atoms with Crippen LogP contribution in [0.25, 0.3) is 0 Å². The number of carboxylic acids is 1. The third kappa shape index (κ3) is 10.1. The van der Waals surface area contributed by atoms with Crippen LogP contribution < -0.4 is 0 Å². The molecule has 0 amide bonds. The van der Waals surface area contributed by atoms with Crippen molar-refractivity contribution in [3.63, 3.8) is 0 Å². The number of esters is 1. The van der Waals surface area contributed by atoms with Gasteiger partial charge in [-0.25, -0.2) is 0 Å². The summed E-state index contributed by atoms with van der Waals surface area (Å²) in [5.41, 5.74) is 0. The summed E-state index contributed by atoms with van der Waals surface area (Å²) in [6.45, 7) is 8.99. The summed E-state index contributed by atoms with van der Waals surface area (Å²) in [6, 6.07) is 0. The number of carbonyl (C=O) groups is 2. The zero-order valence-electron chi connectivity index (χ0n) is 13.5. The number of nitrogens with zero attached hydrogens (tertiary/aromatic N) is 1. The maximum atomic E-state index is 11.7. The number of carboxylic acid groups (broad SMARTS) is 1. The van der Waals surface area contributed by atoms with Crippen molar-refractivity contribution >= 4 is 11.9 Å². The molecular weight excluding hydrogens is 270 g/mol. The molecule has 0 aliphatic heterocycles. The molecule has 0 saturated heterocycles. The monoisotopic (exact) mass is 299 g/mol. The van der Waals surface area contributed by atoms with E-state index in [1.54, 1.807) is 0 Å². The van der Waals surface area contributed by atoms with Gasteiger partial charge in [-0.1, -0.05) is 39.3 Å². The summed E-state index contributed by atoms with van der Waals surface area (Å²) in [5.74, 6) is -2.07. The highest BCUT2D eigenvalue weighted by Gasteiger charge is 2.20. The second-order valence-corrected chi connectivity index (χ2v) is 4.98. The van der Waals surface area contributed by atoms with Crippen molar-refractivity contribution in [2.75, 3.05) is 26.2 Å². The van der Waals surface area contributed by atoms with Crippen LogP contribution in [0.2, 0.25) is 0 Å². The van der Waals surface area contributed by atoms with E-state index in [2.05, 4.69) is 25.7 Å². The molecule has 0 aliphatic rings. The van der Waals surface area contributed by atoms with Crippen LogP contribution in [0.5, 0.6) is 0 Å². The van der Waals surface area contributed by atoms with Crippen LogP contribution in [0, 0.1) is 5.92 Å². The van der Waals surface area contributed by atoms with E-state index in [0.29, 0.717) is 19.6 Å². The van der Waals surface area contributed by atoms with Gasteiger partial charge in [0.15, 0.2) is 0 Å². The Hall–Kier alpha value is -1.36. The Morgan fingerprint density at radius 2 is 1.86 bits per heavy atom. The molecule has 21 heavy (non-hydrogen) atoms. The van der Waals surface area contributed by atoms with E-state index in [1.165, 1.54) is 0 Å². The van der Waals surface area contributed by atoms with Crippen LogP contribution >= 0.6 is 0 Å². The molecule has 122 valence electrons. The Labute approximate surface area is 128 Å². The molecule has 1 unspecified atom stereocenters. The molecule has 0 heterocycles. The Morgan fingerprint density at radius 3 is 2.38 bits per heavy atom. The minimum atomic E-state index is -0.947. The van der Waals surface area contributed by atoms with Crippen LogP contribution in [-0.4, -0.2) is 48.2 Å². The first-order chi connectivity index (χ1) is 10.0. The number of unbranched alkanes of at least 4 members (excludes halogenated alkanes) is 1. The molecule has 0 aromatic heterocycles. The molecule has 0 spiro atoms. The first-order valence-corrected chi connectivity index (χ1v) is 7.80. The third-order valence-corrected chi connectivity index (χ3v) is 3.37. The smallest absolute Gasteiger partial charge is 0.307 e. The number of aliphatic carboxylic acids is 1. The molecule has 5 heteroatoms. The average molecular weight is 299 g/mol. The van der Waals surface area contributed by atoms with Crippen molar-refractivity contribution in [1.29, 1.82) is 0 Å². The minimum absolute atomic E-state index is 0.0654. The summed E-state index contributed by atoms with van der Waals surface area (Å²) in [5, 5.41) is 9.12. The molecule has 0 rings (SSSR count). The first kappa shape index (κ1) is 19.6. The fraction of sp³-hybridized carbons (Fsp3) is 0.750. The van der Waals surface area contributed by atoms with E-state index < -0.39 is 17.9 Å². The molecule has 1 N–H and O–H groups in total. The van der Waals surface area contributed by atoms with E-state index in [0.717, 1.165) is 25.9 Å². The van der Waals surface area contributed by atoms with Gasteiger partial charge in [-0.2, -0.15) is 0 Å². The molecule has 0 bridgehead atoms. The molecule has 0 aromatic carbocycles. The zero-order chi connectivity index (χ0) is 16.1. The predicted octanol–water partition coefficient (Wildman–Crippen LogP) is 2.71. The Bertz CT molecular complexity index is 324. The predicted molar refractivity (Wildman–Crippen MR) is 83.2 cm³/mol. The van der Waals surface area contributed by atoms with Crippen molar-refractivity contribution in [1.82, 2.24) is 4.90 Å². The number of allylic oxidation sites excluding steroid dienone is 2. The van der Waals surface area contributed by atoms with Gasteiger partial charge >= 0.3 is 11.9 Å². The van der Waals surface area contributed by atoms with Gasteiger partial charge in [0.2, 0.25) is 0 Å². The first-order valence-electron chi connectivity index (χ1n) is 7.80. The lowest BCUT2D eigenvalue weighted by Gasteiger charge is -2.17. The van der Waals surface area contributed by atoms with Crippen LogP contribution in [0.15, 0.2) is 12.2 Å². The quantitative estimate of drug-likeness (QED) is 0.443. The molecule has 0 saturated carbocycles. The number of ether oxygens (including phenoxy) is 1. The van der Waals surface area contributed by atoms with Crippen molar-refractivity contribution in [3.8, 4) is 0 Å². The van der Waals surface area contributed by atoms with Crippen LogP contribution in [-0.2, 0) is 14.3 Å². The largest absolute Gasteiger partial charge is 0.481 e. The van der Waals surface area contributed by atoms with E-state index >= 15 is 0 Å². The van der Waals surface area contributed by atoms with Crippen LogP contribution in [0.4, 0.5) is 0 Å². The SMILES string of the molecule is CCCC=CCC(CC(=O)OCCN(CC)CC)C(=O)O. The molecule has 1 atom stereocenters. The number of rotatable bonds is 12. The highest BCUT2D eigenvalue weighted by atomic mass is 16.5.